The molecule has 4 nitrogen and oxygen atoms in total. The lowest BCUT2D eigenvalue weighted by atomic mass is 9.97. The molecule has 1 aliphatic carbocycles. The molecule has 0 spiro atoms. The predicted molar refractivity (Wildman–Crippen MR) is 85.7 cm³/mol. The lowest BCUT2D eigenvalue weighted by Crippen LogP contribution is -2.26. The molecule has 0 radical (unpaired) electrons. The van der Waals surface area contributed by atoms with Crippen molar-refractivity contribution in [1.82, 2.24) is 4.57 Å². The molecule has 3 rings (SSSR count). The van der Waals surface area contributed by atoms with E-state index < -0.39 is 11.7 Å². The van der Waals surface area contributed by atoms with Gasteiger partial charge in [-0.05, 0) is 63.6 Å². The van der Waals surface area contributed by atoms with Gasteiger partial charge >= 0.3 is 6.09 Å². The number of hydrogen-bond acceptors (Lipinski definition) is 3. The van der Waals surface area contributed by atoms with Crippen molar-refractivity contribution in [1.29, 1.82) is 0 Å². The second-order valence-electron chi connectivity index (χ2n) is 7.02. The summed E-state index contributed by atoms with van der Waals surface area (Å²) in [6, 6.07) is 3.88. The van der Waals surface area contributed by atoms with Crippen molar-refractivity contribution in [2.45, 2.75) is 52.1 Å². The second-order valence-corrected chi connectivity index (χ2v) is 7.02. The van der Waals surface area contributed by atoms with E-state index in [-0.39, 0.29) is 0 Å². The first kappa shape index (κ1) is 14.8. The Morgan fingerprint density at radius 3 is 2.59 bits per heavy atom. The van der Waals surface area contributed by atoms with Gasteiger partial charge in [0.1, 0.15) is 5.60 Å². The zero-order chi connectivity index (χ0) is 16.1. The van der Waals surface area contributed by atoms with E-state index in [9.17, 15) is 9.59 Å². The molecule has 1 heterocycles. The standard InChI is InChI=1S/C18H21NO3/c1-11-9-14(12-5-6-12)15(10-20)13-7-8-19(16(11)13)17(21)22-18(2,3)4/h7-10,12H,5-6H2,1-4H3. The van der Waals surface area contributed by atoms with Gasteiger partial charge in [-0.2, -0.15) is 0 Å². The maximum absolute atomic E-state index is 12.4. The van der Waals surface area contributed by atoms with Crippen LogP contribution >= 0.6 is 0 Å². The lowest BCUT2D eigenvalue weighted by molar-refractivity contribution is 0.0544. The van der Waals surface area contributed by atoms with E-state index in [4.69, 9.17) is 4.74 Å². The van der Waals surface area contributed by atoms with Gasteiger partial charge in [0.2, 0.25) is 0 Å². The number of fused-ring (bicyclic) bond motifs is 1. The summed E-state index contributed by atoms with van der Waals surface area (Å²) in [5.74, 6) is 0.494. The first-order valence-corrected chi connectivity index (χ1v) is 7.65. The Bertz CT molecular complexity index is 761. The molecule has 0 bridgehead atoms. The van der Waals surface area contributed by atoms with Crippen LogP contribution in [0.25, 0.3) is 10.9 Å². The van der Waals surface area contributed by atoms with Crippen molar-refractivity contribution in [3.63, 3.8) is 0 Å². The summed E-state index contributed by atoms with van der Waals surface area (Å²) in [6.07, 6.45) is 4.46. The van der Waals surface area contributed by atoms with E-state index >= 15 is 0 Å². The molecule has 1 saturated carbocycles. The first-order valence-electron chi connectivity index (χ1n) is 7.65. The van der Waals surface area contributed by atoms with Crippen LogP contribution in [0.5, 0.6) is 0 Å². The van der Waals surface area contributed by atoms with Crippen LogP contribution < -0.4 is 0 Å². The molecule has 1 aromatic heterocycles. The Morgan fingerprint density at radius 1 is 1.36 bits per heavy atom. The Balaban J connectivity index is 2.15. The zero-order valence-corrected chi connectivity index (χ0v) is 13.5. The number of rotatable bonds is 2. The van der Waals surface area contributed by atoms with Gasteiger partial charge in [0.05, 0.1) is 5.52 Å². The van der Waals surface area contributed by atoms with Gasteiger partial charge in [-0.1, -0.05) is 6.07 Å². The Labute approximate surface area is 130 Å². The Morgan fingerprint density at radius 2 is 2.05 bits per heavy atom. The summed E-state index contributed by atoms with van der Waals surface area (Å²) in [4.78, 5) is 23.9. The Hall–Kier alpha value is -2.10. The fourth-order valence-corrected chi connectivity index (χ4v) is 2.91. The van der Waals surface area contributed by atoms with Crippen LogP contribution in [0.15, 0.2) is 18.3 Å². The number of carbonyl (C=O) groups is 2. The van der Waals surface area contributed by atoms with Crippen LogP contribution in [-0.2, 0) is 4.74 Å². The van der Waals surface area contributed by atoms with E-state index in [1.165, 1.54) is 4.57 Å². The molecular formula is C18H21NO3. The van der Waals surface area contributed by atoms with Crippen LogP contribution in [0.3, 0.4) is 0 Å². The number of hydrogen-bond donors (Lipinski definition) is 0. The van der Waals surface area contributed by atoms with Crippen molar-refractivity contribution in [3.05, 3.63) is 35.0 Å². The first-order chi connectivity index (χ1) is 10.3. The average molecular weight is 299 g/mol. The molecule has 0 atom stereocenters. The van der Waals surface area contributed by atoms with Gasteiger partial charge in [-0.15, -0.1) is 0 Å². The number of ether oxygens (including phenoxy) is 1. The molecule has 0 saturated heterocycles. The predicted octanol–water partition coefficient (Wildman–Crippen LogP) is 4.42. The number of aldehydes is 1. The minimum atomic E-state index is -0.553. The molecule has 116 valence electrons. The average Bonchev–Trinajstić information content (AvgIpc) is 3.15. The van der Waals surface area contributed by atoms with E-state index in [2.05, 4.69) is 0 Å². The van der Waals surface area contributed by atoms with Crippen LogP contribution in [0.2, 0.25) is 0 Å². The summed E-state index contributed by atoms with van der Waals surface area (Å²) in [6.45, 7) is 7.49. The summed E-state index contributed by atoms with van der Waals surface area (Å²) in [5.41, 5.74) is 3.04. The summed E-state index contributed by atoms with van der Waals surface area (Å²) in [5, 5.41) is 0.836. The molecule has 0 aliphatic heterocycles. The zero-order valence-electron chi connectivity index (χ0n) is 13.5. The molecule has 1 aliphatic rings. The quantitative estimate of drug-likeness (QED) is 0.771. The number of nitrogens with zero attached hydrogens (tertiary/aromatic N) is 1. The maximum atomic E-state index is 12.4. The summed E-state index contributed by atoms with van der Waals surface area (Å²) in [7, 11) is 0. The Kier molecular flexibility index (Phi) is 3.35. The second kappa shape index (κ2) is 4.97. The van der Waals surface area contributed by atoms with Gasteiger partial charge in [0.15, 0.2) is 6.29 Å². The summed E-state index contributed by atoms with van der Waals surface area (Å²) >= 11 is 0. The topological polar surface area (TPSA) is 48.3 Å². The molecule has 2 aromatic rings. The molecular weight excluding hydrogens is 278 g/mol. The van der Waals surface area contributed by atoms with Crippen molar-refractivity contribution >= 4 is 23.3 Å². The fraction of sp³-hybridized carbons (Fsp3) is 0.444. The van der Waals surface area contributed by atoms with Crippen LogP contribution in [-0.4, -0.2) is 22.5 Å². The largest absolute Gasteiger partial charge is 0.443 e. The maximum Gasteiger partial charge on any atom is 0.419 e. The van der Waals surface area contributed by atoms with Gasteiger partial charge < -0.3 is 4.74 Å². The molecule has 0 amide bonds. The van der Waals surface area contributed by atoms with Crippen molar-refractivity contribution in [3.8, 4) is 0 Å². The van der Waals surface area contributed by atoms with Crippen molar-refractivity contribution in [2.75, 3.05) is 0 Å². The third-order valence-electron chi connectivity index (χ3n) is 3.96. The van der Waals surface area contributed by atoms with Crippen LogP contribution in [0, 0.1) is 6.92 Å². The summed E-state index contributed by atoms with van der Waals surface area (Å²) < 4.78 is 6.94. The molecule has 1 fully saturated rings. The highest BCUT2D eigenvalue weighted by molar-refractivity contribution is 6.03. The number of carbonyl (C=O) groups excluding carboxylic acids is 2. The molecule has 22 heavy (non-hydrogen) atoms. The van der Waals surface area contributed by atoms with Gasteiger partial charge in [0.25, 0.3) is 0 Å². The van der Waals surface area contributed by atoms with Crippen LogP contribution in [0.4, 0.5) is 4.79 Å². The van der Waals surface area contributed by atoms with E-state index in [0.717, 1.165) is 41.2 Å². The highest BCUT2D eigenvalue weighted by atomic mass is 16.6. The van der Waals surface area contributed by atoms with Gasteiger partial charge in [-0.3, -0.25) is 9.36 Å². The lowest BCUT2D eigenvalue weighted by Gasteiger charge is -2.20. The van der Waals surface area contributed by atoms with E-state index in [0.29, 0.717) is 11.5 Å². The van der Waals surface area contributed by atoms with Gasteiger partial charge in [0, 0.05) is 17.1 Å². The highest BCUT2D eigenvalue weighted by Gasteiger charge is 2.29. The number of aromatic nitrogens is 1. The SMILES string of the molecule is Cc1cc(C2CC2)c(C=O)c2ccn(C(=O)OC(C)(C)C)c12. The third-order valence-corrected chi connectivity index (χ3v) is 3.96. The number of benzene rings is 1. The highest BCUT2D eigenvalue weighted by Crippen LogP contribution is 2.43. The van der Waals surface area contributed by atoms with E-state index in [1.54, 1.807) is 6.20 Å². The van der Waals surface area contributed by atoms with Crippen LogP contribution in [0.1, 0.15) is 61.0 Å². The monoisotopic (exact) mass is 299 g/mol. The smallest absolute Gasteiger partial charge is 0.419 e. The third kappa shape index (κ3) is 2.54. The molecule has 0 N–H and O–H groups in total. The number of aryl methyl sites for hydroxylation is 1. The van der Waals surface area contributed by atoms with Crippen molar-refractivity contribution in [2.24, 2.45) is 0 Å². The van der Waals surface area contributed by atoms with E-state index in [1.807, 2.05) is 39.8 Å². The fourth-order valence-electron chi connectivity index (χ4n) is 2.91. The molecule has 1 aromatic carbocycles. The molecule has 4 heteroatoms. The van der Waals surface area contributed by atoms with Gasteiger partial charge in [-0.25, -0.2) is 4.79 Å². The normalized spacial score (nSPS) is 15.1. The molecule has 0 unspecified atom stereocenters. The minimum absolute atomic E-state index is 0.415. The minimum Gasteiger partial charge on any atom is -0.443 e. The van der Waals surface area contributed by atoms with Crippen molar-refractivity contribution < 1.29 is 14.3 Å².